The fourth-order valence-corrected chi connectivity index (χ4v) is 3.72. The highest BCUT2D eigenvalue weighted by Gasteiger charge is 2.27. The smallest absolute Gasteiger partial charge is 0.324 e. The topological polar surface area (TPSA) is 72.5 Å². The van der Waals surface area contributed by atoms with E-state index in [1.165, 1.54) is 13.2 Å². The minimum Gasteiger partial charge on any atom is -0.468 e. The highest BCUT2D eigenvalue weighted by molar-refractivity contribution is 9.10. The van der Waals surface area contributed by atoms with Crippen molar-refractivity contribution in [3.05, 3.63) is 64.1 Å². The third-order valence-corrected chi connectivity index (χ3v) is 5.86. The molecule has 0 saturated carbocycles. The molecular formula is C17H18BrNO4S. The maximum Gasteiger partial charge on any atom is 0.324 e. The van der Waals surface area contributed by atoms with Crippen LogP contribution >= 0.6 is 15.9 Å². The molecule has 7 heteroatoms. The number of rotatable bonds is 6. The summed E-state index contributed by atoms with van der Waals surface area (Å²) in [6, 6.07) is 12.9. The predicted molar refractivity (Wildman–Crippen MR) is 95.2 cm³/mol. The van der Waals surface area contributed by atoms with E-state index in [9.17, 15) is 13.2 Å². The number of methoxy groups -OCH3 is 1. The number of benzene rings is 2. The molecule has 2 aromatic rings. The average molecular weight is 412 g/mol. The SMILES string of the molecule is COC(=O)[C@H](Cc1ccccc1)NS(=O)(=O)c1ccc(Br)c(C)c1. The second-order valence-corrected chi connectivity index (χ2v) is 7.87. The van der Waals surface area contributed by atoms with Crippen molar-refractivity contribution in [2.45, 2.75) is 24.3 Å². The van der Waals surface area contributed by atoms with Gasteiger partial charge in [-0.1, -0.05) is 46.3 Å². The summed E-state index contributed by atoms with van der Waals surface area (Å²) >= 11 is 3.34. The molecule has 24 heavy (non-hydrogen) atoms. The summed E-state index contributed by atoms with van der Waals surface area (Å²) in [7, 11) is -2.61. The minimum atomic E-state index is -3.85. The molecule has 0 aliphatic heterocycles. The molecule has 0 radical (unpaired) electrons. The van der Waals surface area contributed by atoms with E-state index >= 15 is 0 Å². The van der Waals surface area contributed by atoms with Crippen LogP contribution in [0.4, 0.5) is 0 Å². The standard InChI is InChI=1S/C17H18BrNO4S/c1-12-10-14(8-9-15(12)18)24(21,22)19-16(17(20)23-2)11-13-6-4-3-5-7-13/h3-10,16,19H,11H2,1-2H3/t16-/m0/s1. The second kappa shape index (κ2) is 7.92. The van der Waals surface area contributed by atoms with Crippen molar-refractivity contribution in [2.75, 3.05) is 7.11 Å². The number of esters is 1. The van der Waals surface area contributed by atoms with Crippen LogP contribution in [0.5, 0.6) is 0 Å². The molecule has 0 aliphatic carbocycles. The Morgan fingerprint density at radius 2 is 1.88 bits per heavy atom. The summed E-state index contributed by atoms with van der Waals surface area (Å²) < 4.78 is 33.2. The van der Waals surface area contributed by atoms with Crippen molar-refractivity contribution in [1.82, 2.24) is 4.72 Å². The zero-order chi connectivity index (χ0) is 17.7. The Hall–Kier alpha value is -1.70. The highest BCUT2D eigenvalue weighted by atomic mass is 79.9. The van der Waals surface area contributed by atoms with Gasteiger partial charge in [0.15, 0.2) is 0 Å². The molecule has 0 fully saturated rings. The van der Waals surface area contributed by atoms with Crippen LogP contribution < -0.4 is 4.72 Å². The van der Waals surface area contributed by atoms with Crippen LogP contribution in [-0.4, -0.2) is 27.5 Å². The first kappa shape index (κ1) is 18.6. The number of sulfonamides is 1. The van der Waals surface area contributed by atoms with Crippen LogP contribution in [0.25, 0.3) is 0 Å². The van der Waals surface area contributed by atoms with E-state index < -0.39 is 22.0 Å². The van der Waals surface area contributed by atoms with E-state index in [1.807, 2.05) is 30.3 Å². The van der Waals surface area contributed by atoms with Gasteiger partial charge < -0.3 is 4.74 Å². The molecule has 0 aromatic heterocycles. The largest absolute Gasteiger partial charge is 0.468 e. The lowest BCUT2D eigenvalue weighted by Gasteiger charge is -2.17. The lowest BCUT2D eigenvalue weighted by molar-refractivity contribution is -0.142. The number of hydrogen-bond acceptors (Lipinski definition) is 4. The van der Waals surface area contributed by atoms with Gasteiger partial charge in [0.2, 0.25) is 10.0 Å². The molecule has 0 unspecified atom stereocenters. The molecule has 1 atom stereocenters. The maximum atomic E-state index is 12.6. The summed E-state index contributed by atoms with van der Waals surface area (Å²) in [5, 5.41) is 0. The summed E-state index contributed by atoms with van der Waals surface area (Å²) in [5.41, 5.74) is 1.62. The Bertz CT molecular complexity index is 822. The van der Waals surface area contributed by atoms with Crippen molar-refractivity contribution in [1.29, 1.82) is 0 Å². The van der Waals surface area contributed by atoms with E-state index in [4.69, 9.17) is 4.74 Å². The van der Waals surface area contributed by atoms with Gasteiger partial charge in [0.25, 0.3) is 0 Å². The van der Waals surface area contributed by atoms with E-state index in [0.717, 1.165) is 15.6 Å². The summed E-state index contributed by atoms with van der Waals surface area (Å²) in [5.74, 6) is -0.628. The average Bonchev–Trinajstić information content (AvgIpc) is 2.56. The summed E-state index contributed by atoms with van der Waals surface area (Å²) in [6.45, 7) is 1.80. The second-order valence-electron chi connectivity index (χ2n) is 5.30. The van der Waals surface area contributed by atoms with Gasteiger partial charge in [-0.05, 0) is 42.7 Å². The van der Waals surface area contributed by atoms with Gasteiger partial charge in [-0.2, -0.15) is 4.72 Å². The Kier molecular flexibility index (Phi) is 6.15. The van der Waals surface area contributed by atoms with Crippen LogP contribution in [0.1, 0.15) is 11.1 Å². The quantitative estimate of drug-likeness (QED) is 0.741. The van der Waals surface area contributed by atoms with Gasteiger partial charge in [0.05, 0.1) is 12.0 Å². The minimum absolute atomic E-state index is 0.102. The van der Waals surface area contributed by atoms with E-state index in [0.29, 0.717) is 0 Å². The van der Waals surface area contributed by atoms with E-state index in [-0.39, 0.29) is 11.3 Å². The molecule has 0 amide bonds. The number of nitrogens with one attached hydrogen (secondary N) is 1. The Labute approximate surface area is 150 Å². The summed E-state index contributed by atoms with van der Waals surface area (Å²) in [4.78, 5) is 12.1. The molecule has 5 nitrogen and oxygen atoms in total. The number of ether oxygens (including phenoxy) is 1. The molecule has 0 saturated heterocycles. The van der Waals surface area contributed by atoms with Crippen LogP contribution in [0.3, 0.4) is 0 Å². The van der Waals surface area contributed by atoms with E-state index in [1.54, 1.807) is 19.1 Å². The number of hydrogen-bond donors (Lipinski definition) is 1. The fraction of sp³-hybridized carbons (Fsp3) is 0.235. The normalized spacial score (nSPS) is 12.6. The van der Waals surface area contributed by atoms with Gasteiger partial charge in [0, 0.05) is 4.47 Å². The van der Waals surface area contributed by atoms with Gasteiger partial charge in [0.1, 0.15) is 6.04 Å². The first-order valence-electron chi connectivity index (χ1n) is 7.23. The molecular weight excluding hydrogens is 394 g/mol. The highest BCUT2D eigenvalue weighted by Crippen LogP contribution is 2.20. The lowest BCUT2D eigenvalue weighted by atomic mass is 10.1. The maximum absolute atomic E-state index is 12.6. The van der Waals surface area contributed by atoms with E-state index in [2.05, 4.69) is 20.7 Å². The summed E-state index contributed by atoms with van der Waals surface area (Å²) in [6.07, 6.45) is 0.211. The van der Waals surface area contributed by atoms with Gasteiger partial charge in [-0.3, -0.25) is 4.79 Å². The number of carbonyl (C=O) groups excluding carboxylic acids is 1. The van der Waals surface area contributed by atoms with Crippen LogP contribution in [-0.2, 0) is 26.0 Å². The van der Waals surface area contributed by atoms with Crippen LogP contribution in [0.2, 0.25) is 0 Å². The Morgan fingerprint density at radius 1 is 1.21 bits per heavy atom. The Balaban J connectivity index is 2.27. The molecule has 2 rings (SSSR count). The molecule has 0 heterocycles. The molecule has 2 aromatic carbocycles. The molecule has 0 aliphatic rings. The van der Waals surface area contributed by atoms with Gasteiger partial charge >= 0.3 is 5.97 Å². The number of aryl methyl sites for hydroxylation is 1. The third-order valence-electron chi connectivity index (χ3n) is 3.51. The molecule has 128 valence electrons. The lowest BCUT2D eigenvalue weighted by Crippen LogP contribution is -2.43. The van der Waals surface area contributed by atoms with Crippen molar-refractivity contribution < 1.29 is 17.9 Å². The van der Waals surface area contributed by atoms with Crippen LogP contribution in [0.15, 0.2) is 57.9 Å². The molecule has 1 N–H and O–H groups in total. The number of halogens is 1. The zero-order valence-corrected chi connectivity index (χ0v) is 15.7. The number of carbonyl (C=O) groups is 1. The van der Waals surface area contributed by atoms with Gasteiger partial charge in [-0.25, -0.2) is 8.42 Å². The zero-order valence-electron chi connectivity index (χ0n) is 13.3. The first-order valence-corrected chi connectivity index (χ1v) is 9.51. The first-order chi connectivity index (χ1) is 11.3. The van der Waals surface area contributed by atoms with Crippen molar-refractivity contribution in [3.8, 4) is 0 Å². The van der Waals surface area contributed by atoms with Crippen LogP contribution in [0, 0.1) is 6.92 Å². The Morgan fingerprint density at radius 3 is 2.46 bits per heavy atom. The van der Waals surface area contributed by atoms with Gasteiger partial charge in [-0.15, -0.1) is 0 Å². The monoisotopic (exact) mass is 411 g/mol. The molecule has 0 spiro atoms. The van der Waals surface area contributed by atoms with Crippen molar-refractivity contribution >= 4 is 31.9 Å². The fourth-order valence-electron chi connectivity index (χ4n) is 2.20. The third kappa shape index (κ3) is 4.66. The predicted octanol–water partition coefficient (Wildman–Crippen LogP) is 2.82. The molecule has 0 bridgehead atoms. The van der Waals surface area contributed by atoms with Crippen molar-refractivity contribution in [2.24, 2.45) is 0 Å². The van der Waals surface area contributed by atoms with Crippen molar-refractivity contribution in [3.63, 3.8) is 0 Å².